The fraction of sp³-hybridized carbons (Fsp3) is 0.867. The summed E-state index contributed by atoms with van der Waals surface area (Å²) in [6.45, 7) is 11.4. The molecular formula is C15H26N2O3. The van der Waals surface area contributed by atoms with Crippen LogP contribution in [0.3, 0.4) is 0 Å². The molecule has 114 valence electrons. The van der Waals surface area contributed by atoms with Crippen LogP contribution < -0.4 is 5.32 Å². The lowest BCUT2D eigenvalue weighted by Gasteiger charge is -2.36. The lowest BCUT2D eigenvalue weighted by atomic mass is 9.80. The summed E-state index contributed by atoms with van der Waals surface area (Å²) < 4.78 is 0. The SMILES string of the molecule is CC1(C(=O)O)CCN(C(=O)NC2C(C)(C)C2(C)C)CC1. The number of urea groups is 1. The van der Waals surface area contributed by atoms with E-state index in [9.17, 15) is 14.7 Å². The maximum Gasteiger partial charge on any atom is 0.317 e. The van der Waals surface area contributed by atoms with E-state index in [1.807, 2.05) is 0 Å². The van der Waals surface area contributed by atoms with Crippen LogP contribution >= 0.6 is 0 Å². The molecule has 5 nitrogen and oxygen atoms in total. The predicted octanol–water partition coefficient (Wildman–Crippen LogP) is 2.32. The summed E-state index contributed by atoms with van der Waals surface area (Å²) in [7, 11) is 0. The number of likely N-dealkylation sites (tertiary alicyclic amines) is 1. The highest BCUT2D eigenvalue weighted by Crippen LogP contribution is 2.62. The van der Waals surface area contributed by atoms with E-state index < -0.39 is 11.4 Å². The molecule has 2 amide bonds. The summed E-state index contributed by atoms with van der Waals surface area (Å²) in [4.78, 5) is 25.2. The number of aliphatic carboxylic acids is 1. The van der Waals surface area contributed by atoms with Crippen molar-refractivity contribution in [3.63, 3.8) is 0 Å². The molecule has 1 saturated carbocycles. The van der Waals surface area contributed by atoms with Gasteiger partial charge in [0.15, 0.2) is 0 Å². The van der Waals surface area contributed by atoms with Crippen molar-refractivity contribution in [1.29, 1.82) is 0 Å². The standard InChI is InChI=1S/C15H26N2O3/c1-13(2)10(14(13,3)4)16-12(20)17-8-6-15(5,7-9-17)11(18)19/h10H,6-9H2,1-5H3,(H,16,20)(H,18,19). The quantitative estimate of drug-likeness (QED) is 0.816. The van der Waals surface area contributed by atoms with E-state index in [1.165, 1.54) is 0 Å². The van der Waals surface area contributed by atoms with Gasteiger partial charge in [0, 0.05) is 19.1 Å². The number of carboxylic acids is 1. The van der Waals surface area contributed by atoms with Crippen LogP contribution in [0.2, 0.25) is 0 Å². The number of carbonyl (C=O) groups is 2. The van der Waals surface area contributed by atoms with E-state index in [4.69, 9.17) is 0 Å². The number of rotatable bonds is 2. The third-order valence-corrected chi connectivity index (χ3v) is 5.96. The fourth-order valence-electron chi connectivity index (χ4n) is 3.19. The second-order valence-electron chi connectivity index (χ2n) is 7.68. The van der Waals surface area contributed by atoms with E-state index >= 15 is 0 Å². The van der Waals surface area contributed by atoms with Crippen LogP contribution in [0, 0.1) is 16.2 Å². The Hall–Kier alpha value is -1.26. The molecule has 1 saturated heterocycles. The number of carbonyl (C=O) groups excluding carboxylic acids is 1. The smallest absolute Gasteiger partial charge is 0.317 e. The van der Waals surface area contributed by atoms with Crippen molar-refractivity contribution < 1.29 is 14.7 Å². The van der Waals surface area contributed by atoms with E-state index in [0.29, 0.717) is 25.9 Å². The highest BCUT2D eigenvalue weighted by Gasteiger charge is 2.65. The molecule has 0 spiro atoms. The maximum absolute atomic E-state index is 12.3. The van der Waals surface area contributed by atoms with Crippen LogP contribution in [0.5, 0.6) is 0 Å². The van der Waals surface area contributed by atoms with Gasteiger partial charge in [0.1, 0.15) is 0 Å². The summed E-state index contributed by atoms with van der Waals surface area (Å²) >= 11 is 0. The number of hydrogen-bond acceptors (Lipinski definition) is 2. The molecule has 2 N–H and O–H groups in total. The highest BCUT2D eigenvalue weighted by atomic mass is 16.4. The average molecular weight is 282 g/mol. The van der Waals surface area contributed by atoms with Crippen LogP contribution in [0.1, 0.15) is 47.5 Å². The molecule has 0 aromatic rings. The fourth-order valence-corrected chi connectivity index (χ4v) is 3.19. The average Bonchev–Trinajstić information content (AvgIpc) is 2.72. The number of amides is 2. The lowest BCUT2D eigenvalue weighted by Crippen LogP contribution is -2.49. The highest BCUT2D eigenvalue weighted by molar-refractivity contribution is 5.77. The van der Waals surface area contributed by atoms with Crippen molar-refractivity contribution in [3.05, 3.63) is 0 Å². The van der Waals surface area contributed by atoms with Gasteiger partial charge in [-0.3, -0.25) is 4.79 Å². The number of nitrogens with zero attached hydrogens (tertiary/aromatic N) is 1. The van der Waals surface area contributed by atoms with Crippen LogP contribution in [-0.2, 0) is 4.79 Å². The lowest BCUT2D eigenvalue weighted by molar-refractivity contribution is -0.150. The molecule has 1 heterocycles. The van der Waals surface area contributed by atoms with Crippen molar-refractivity contribution in [3.8, 4) is 0 Å². The van der Waals surface area contributed by atoms with E-state index in [2.05, 4.69) is 33.0 Å². The largest absolute Gasteiger partial charge is 0.481 e. The molecule has 2 aliphatic rings. The first-order valence-electron chi connectivity index (χ1n) is 7.31. The van der Waals surface area contributed by atoms with E-state index in [1.54, 1.807) is 11.8 Å². The Morgan fingerprint density at radius 2 is 1.50 bits per heavy atom. The number of piperidine rings is 1. The van der Waals surface area contributed by atoms with Gasteiger partial charge < -0.3 is 15.3 Å². The van der Waals surface area contributed by atoms with Crippen molar-refractivity contribution in [2.45, 2.75) is 53.5 Å². The molecule has 5 heteroatoms. The van der Waals surface area contributed by atoms with Crippen molar-refractivity contribution in [2.75, 3.05) is 13.1 Å². The monoisotopic (exact) mass is 282 g/mol. The van der Waals surface area contributed by atoms with Crippen molar-refractivity contribution in [1.82, 2.24) is 10.2 Å². The van der Waals surface area contributed by atoms with E-state index in [0.717, 1.165) is 0 Å². The third kappa shape index (κ3) is 2.17. The zero-order valence-electron chi connectivity index (χ0n) is 13.1. The third-order valence-electron chi connectivity index (χ3n) is 5.96. The molecule has 1 aliphatic heterocycles. The van der Waals surface area contributed by atoms with Crippen LogP contribution in [0.25, 0.3) is 0 Å². The van der Waals surface area contributed by atoms with Crippen LogP contribution in [0.4, 0.5) is 4.79 Å². The molecule has 2 rings (SSSR count). The van der Waals surface area contributed by atoms with Gasteiger partial charge in [-0.15, -0.1) is 0 Å². The number of nitrogens with one attached hydrogen (secondary N) is 1. The number of carboxylic acid groups (broad SMARTS) is 1. The van der Waals surface area contributed by atoms with Crippen molar-refractivity contribution in [2.24, 2.45) is 16.2 Å². The van der Waals surface area contributed by atoms with Gasteiger partial charge in [-0.05, 0) is 30.6 Å². The summed E-state index contributed by atoms with van der Waals surface area (Å²) in [5, 5.41) is 12.3. The van der Waals surface area contributed by atoms with Crippen LogP contribution in [0.15, 0.2) is 0 Å². The van der Waals surface area contributed by atoms with Crippen LogP contribution in [-0.4, -0.2) is 41.1 Å². The van der Waals surface area contributed by atoms with Gasteiger partial charge in [0.2, 0.25) is 0 Å². The Morgan fingerprint density at radius 1 is 1.05 bits per heavy atom. The first-order valence-corrected chi connectivity index (χ1v) is 7.31. The maximum atomic E-state index is 12.3. The summed E-state index contributed by atoms with van der Waals surface area (Å²) in [6.07, 6.45) is 1.04. The summed E-state index contributed by atoms with van der Waals surface area (Å²) in [6, 6.07) is 0.136. The minimum absolute atomic E-state index is 0.0545. The Labute approximate surface area is 120 Å². The van der Waals surface area contributed by atoms with Gasteiger partial charge in [0.05, 0.1) is 5.41 Å². The van der Waals surface area contributed by atoms with Gasteiger partial charge in [0.25, 0.3) is 0 Å². The van der Waals surface area contributed by atoms with Gasteiger partial charge in [-0.2, -0.15) is 0 Å². The zero-order valence-corrected chi connectivity index (χ0v) is 13.1. The second kappa shape index (κ2) is 4.37. The Morgan fingerprint density at radius 3 is 1.85 bits per heavy atom. The molecule has 0 radical (unpaired) electrons. The van der Waals surface area contributed by atoms with Gasteiger partial charge in [-0.25, -0.2) is 4.79 Å². The first-order chi connectivity index (χ1) is 9.02. The molecule has 0 bridgehead atoms. The minimum atomic E-state index is -0.762. The molecular weight excluding hydrogens is 256 g/mol. The molecule has 0 aromatic carbocycles. The predicted molar refractivity (Wildman–Crippen MR) is 76.4 cm³/mol. The molecule has 0 aromatic heterocycles. The molecule has 2 fully saturated rings. The van der Waals surface area contributed by atoms with Gasteiger partial charge >= 0.3 is 12.0 Å². The molecule has 0 unspecified atom stereocenters. The van der Waals surface area contributed by atoms with E-state index in [-0.39, 0.29) is 22.9 Å². The molecule has 0 atom stereocenters. The second-order valence-corrected chi connectivity index (χ2v) is 7.68. The normalized spacial score (nSPS) is 26.9. The first kappa shape index (κ1) is 15.1. The topological polar surface area (TPSA) is 69.6 Å². The minimum Gasteiger partial charge on any atom is -0.481 e. The molecule has 20 heavy (non-hydrogen) atoms. The summed E-state index contributed by atoms with van der Waals surface area (Å²) in [5.41, 5.74) is -0.447. The zero-order chi connectivity index (χ0) is 15.3. The molecule has 1 aliphatic carbocycles. The summed E-state index contributed by atoms with van der Waals surface area (Å²) in [5.74, 6) is -0.762. The Kier molecular flexibility index (Phi) is 3.30. The van der Waals surface area contributed by atoms with Gasteiger partial charge in [-0.1, -0.05) is 27.7 Å². The van der Waals surface area contributed by atoms with Crippen molar-refractivity contribution >= 4 is 12.0 Å². The Bertz CT molecular complexity index is 420. The Balaban J connectivity index is 1.89. The number of hydrogen-bond donors (Lipinski definition) is 2.